The van der Waals surface area contributed by atoms with Gasteiger partial charge in [0.1, 0.15) is 11.9 Å². The summed E-state index contributed by atoms with van der Waals surface area (Å²) in [5.41, 5.74) is 9.49. The molecule has 0 saturated heterocycles. The number of nitrogen functional groups attached to an aromatic ring is 1. The first-order chi connectivity index (χ1) is 10.1. The molecule has 0 bridgehead atoms. The zero-order valence-electron chi connectivity index (χ0n) is 12.2. The number of aliphatic hydroxyl groups excluding tert-OH is 1. The van der Waals surface area contributed by atoms with Crippen LogP contribution in [0.4, 0.5) is 5.69 Å². The highest BCUT2D eigenvalue weighted by molar-refractivity contribution is 5.80. The van der Waals surface area contributed by atoms with Gasteiger partial charge in [-0.25, -0.2) is 4.98 Å². The van der Waals surface area contributed by atoms with Crippen LogP contribution in [0.1, 0.15) is 37.4 Å². The van der Waals surface area contributed by atoms with Crippen molar-refractivity contribution in [3.8, 4) is 0 Å². The fourth-order valence-electron chi connectivity index (χ4n) is 2.72. The molecule has 0 radical (unpaired) electrons. The highest BCUT2D eigenvalue weighted by Crippen LogP contribution is 2.29. The van der Waals surface area contributed by atoms with Gasteiger partial charge in [0.05, 0.1) is 17.1 Å². The molecular formula is C17H19N3O. The molecular weight excluding hydrogens is 262 g/mol. The Balaban J connectivity index is 2.22. The molecule has 4 heteroatoms. The van der Waals surface area contributed by atoms with Gasteiger partial charge in [-0.15, -0.1) is 0 Å². The van der Waals surface area contributed by atoms with E-state index in [-0.39, 0.29) is 6.04 Å². The van der Waals surface area contributed by atoms with E-state index in [0.717, 1.165) is 11.0 Å². The molecule has 0 aliphatic heterocycles. The van der Waals surface area contributed by atoms with Gasteiger partial charge in [-0.1, -0.05) is 30.3 Å². The lowest BCUT2D eigenvalue weighted by Gasteiger charge is -2.19. The van der Waals surface area contributed by atoms with Gasteiger partial charge >= 0.3 is 0 Å². The summed E-state index contributed by atoms with van der Waals surface area (Å²) in [4.78, 5) is 4.55. The molecule has 0 aliphatic carbocycles. The zero-order chi connectivity index (χ0) is 15.0. The molecule has 1 heterocycles. The lowest BCUT2D eigenvalue weighted by atomic mass is 10.1. The second-order valence-corrected chi connectivity index (χ2v) is 5.35. The van der Waals surface area contributed by atoms with E-state index < -0.39 is 6.10 Å². The average Bonchev–Trinajstić information content (AvgIpc) is 2.86. The summed E-state index contributed by atoms with van der Waals surface area (Å²) in [6, 6.07) is 16.0. The summed E-state index contributed by atoms with van der Waals surface area (Å²) >= 11 is 0. The van der Waals surface area contributed by atoms with E-state index >= 15 is 0 Å². The van der Waals surface area contributed by atoms with E-state index in [1.807, 2.05) is 36.4 Å². The van der Waals surface area contributed by atoms with Crippen molar-refractivity contribution in [3.63, 3.8) is 0 Å². The Morgan fingerprint density at radius 2 is 1.81 bits per heavy atom. The third kappa shape index (κ3) is 2.38. The number of nitrogens with two attached hydrogens (primary N) is 1. The van der Waals surface area contributed by atoms with Crippen LogP contribution in [0.5, 0.6) is 0 Å². The zero-order valence-corrected chi connectivity index (χ0v) is 12.2. The number of aromatic nitrogens is 2. The highest BCUT2D eigenvalue weighted by Gasteiger charge is 2.20. The number of nitrogens with zero attached hydrogens (tertiary/aromatic N) is 2. The van der Waals surface area contributed by atoms with Gasteiger partial charge in [0, 0.05) is 5.69 Å². The number of anilines is 1. The summed E-state index contributed by atoms with van der Waals surface area (Å²) in [5, 5.41) is 10.1. The van der Waals surface area contributed by atoms with E-state index in [1.165, 1.54) is 5.56 Å². The number of benzene rings is 2. The number of hydrogen-bond acceptors (Lipinski definition) is 3. The fourth-order valence-corrected chi connectivity index (χ4v) is 2.72. The summed E-state index contributed by atoms with van der Waals surface area (Å²) in [6.07, 6.45) is -0.634. The lowest BCUT2D eigenvalue weighted by Crippen LogP contribution is -2.12. The van der Waals surface area contributed by atoms with Crippen LogP contribution in [0.3, 0.4) is 0 Å². The maximum absolute atomic E-state index is 10.1. The van der Waals surface area contributed by atoms with Crippen molar-refractivity contribution in [1.82, 2.24) is 9.55 Å². The first kappa shape index (κ1) is 13.6. The Kier molecular flexibility index (Phi) is 3.39. The first-order valence-electron chi connectivity index (χ1n) is 7.08. The minimum Gasteiger partial charge on any atom is -0.399 e. The predicted octanol–water partition coefficient (Wildman–Crippen LogP) is 3.28. The van der Waals surface area contributed by atoms with Crippen LogP contribution >= 0.6 is 0 Å². The maximum atomic E-state index is 10.1. The van der Waals surface area contributed by atoms with Crippen molar-refractivity contribution >= 4 is 16.7 Å². The summed E-state index contributed by atoms with van der Waals surface area (Å²) in [7, 11) is 0. The van der Waals surface area contributed by atoms with Gasteiger partial charge in [-0.05, 0) is 37.6 Å². The van der Waals surface area contributed by atoms with Crippen LogP contribution in [-0.4, -0.2) is 14.7 Å². The molecule has 0 aliphatic rings. The Labute approximate surface area is 123 Å². The van der Waals surface area contributed by atoms with Crippen molar-refractivity contribution < 1.29 is 5.11 Å². The van der Waals surface area contributed by atoms with Crippen LogP contribution in [-0.2, 0) is 0 Å². The van der Waals surface area contributed by atoms with Crippen molar-refractivity contribution in [2.45, 2.75) is 26.0 Å². The Morgan fingerprint density at radius 3 is 2.48 bits per heavy atom. The molecule has 4 nitrogen and oxygen atoms in total. The maximum Gasteiger partial charge on any atom is 0.139 e. The molecule has 0 saturated carbocycles. The predicted molar refractivity (Wildman–Crippen MR) is 85.0 cm³/mol. The third-order valence-electron chi connectivity index (χ3n) is 3.78. The number of fused-ring (bicyclic) bond motifs is 1. The van der Waals surface area contributed by atoms with Gasteiger partial charge < -0.3 is 15.4 Å². The quantitative estimate of drug-likeness (QED) is 0.724. The first-order valence-corrected chi connectivity index (χ1v) is 7.08. The topological polar surface area (TPSA) is 64.1 Å². The molecule has 2 unspecified atom stereocenters. The summed E-state index contributed by atoms with van der Waals surface area (Å²) < 4.78 is 2.08. The van der Waals surface area contributed by atoms with Gasteiger partial charge in [0.25, 0.3) is 0 Å². The minimum absolute atomic E-state index is 0.0874. The standard InChI is InChI=1S/C17H19N3O/c1-11(13-6-4-3-5-7-13)20-16-9-8-14(18)10-15(16)19-17(20)12(2)21/h3-12,21H,18H2,1-2H3. The van der Waals surface area contributed by atoms with Gasteiger partial charge in [-0.3, -0.25) is 0 Å². The lowest BCUT2D eigenvalue weighted by molar-refractivity contribution is 0.183. The normalized spacial score (nSPS) is 14.2. The van der Waals surface area contributed by atoms with E-state index in [4.69, 9.17) is 5.73 Å². The number of rotatable bonds is 3. The number of hydrogen-bond donors (Lipinski definition) is 2. The SMILES string of the molecule is CC(O)c1nc2cc(N)ccc2n1C(C)c1ccccc1. The van der Waals surface area contributed by atoms with Crippen molar-refractivity contribution in [1.29, 1.82) is 0 Å². The molecule has 3 rings (SSSR count). The smallest absolute Gasteiger partial charge is 0.139 e. The van der Waals surface area contributed by atoms with Crippen LogP contribution in [0.15, 0.2) is 48.5 Å². The second-order valence-electron chi connectivity index (χ2n) is 5.35. The second kappa shape index (κ2) is 5.22. The number of aliphatic hydroxyl groups is 1. The van der Waals surface area contributed by atoms with E-state index in [2.05, 4.69) is 28.6 Å². The molecule has 2 aromatic carbocycles. The molecule has 21 heavy (non-hydrogen) atoms. The van der Waals surface area contributed by atoms with Crippen LogP contribution < -0.4 is 5.73 Å². The van der Waals surface area contributed by atoms with E-state index in [1.54, 1.807) is 6.92 Å². The summed E-state index contributed by atoms with van der Waals surface area (Å²) in [5.74, 6) is 0.659. The van der Waals surface area contributed by atoms with Crippen LogP contribution in [0, 0.1) is 0 Å². The highest BCUT2D eigenvalue weighted by atomic mass is 16.3. The van der Waals surface area contributed by atoms with Gasteiger partial charge in [0.15, 0.2) is 0 Å². The largest absolute Gasteiger partial charge is 0.399 e. The van der Waals surface area contributed by atoms with Crippen molar-refractivity contribution in [2.24, 2.45) is 0 Å². The molecule has 108 valence electrons. The molecule has 3 N–H and O–H groups in total. The number of imidazole rings is 1. The monoisotopic (exact) mass is 281 g/mol. The molecule has 3 aromatic rings. The fraction of sp³-hybridized carbons (Fsp3) is 0.235. The van der Waals surface area contributed by atoms with Gasteiger partial charge in [-0.2, -0.15) is 0 Å². The Morgan fingerprint density at radius 1 is 1.10 bits per heavy atom. The third-order valence-corrected chi connectivity index (χ3v) is 3.78. The molecule has 0 fully saturated rings. The molecule has 1 aromatic heterocycles. The van der Waals surface area contributed by atoms with E-state index in [9.17, 15) is 5.11 Å². The average molecular weight is 281 g/mol. The minimum atomic E-state index is -0.634. The van der Waals surface area contributed by atoms with E-state index in [0.29, 0.717) is 11.5 Å². The van der Waals surface area contributed by atoms with Crippen LogP contribution in [0.25, 0.3) is 11.0 Å². The van der Waals surface area contributed by atoms with Crippen LogP contribution in [0.2, 0.25) is 0 Å². The molecule has 0 spiro atoms. The molecule has 0 amide bonds. The van der Waals surface area contributed by atoms with Gasteiger partial charge in [0.2, 0.25) is 0 Å². The van der Waals surface area contributed by atoms with Crippen molar-refractivity contribution in [3.05, 3.63) is 59.9 Å². The molecule has 2 atom stereocenters. The van der Waals surface area contributed by atoms with Crippen molar-refractivity contribution in [2.75, 3.05) is 5.73 Å². The Hall–Kier alpha value is -2.33. The Bertz CT molecular complexity index is 762. The summed E-state index contributed by atoms with van der Waals surface area (Å²) in [6.45, 7) is 3.84.